The average Bonchev–Trinajstić information content (AvgIpc) is 3.21. The van der Waals surface area contributed by atoms with Crippen molar-refractivity contribution in [2.45, 2.75) is 92.2 Å². The minimum atomic E-state index is -0.618. The Labute approximate surface area is 175 Å². The maximum Gasteiger partial charge on any atom is 0.413 e. The van der Waals surface area contributed by atoms with Gasteiger partial charge in [-0.05, 0) is 26.7 Å². The van der Waals surface area contributed by atoms with Crippen LogP contribution >= 0.6 is 11.8 Å². The molecular formula is C20H30N2O6S. The first-order chi connectivity index (χ1) is 13.8. The molecule has 0 aromatic carbocycles. The van der Waals surface area contributed by atoms with E-state index in [1.807, 2.05) is 11.8 Å². The van der Waals surface area contributed by atoms with Crippen LogP contribution in [0.3, 0.4) is 0 Å². The van der Waals surface area contributed by atoms with E-state index in [2.05, 4.69) is 18.7 Å². The number of methoxy groups -OCH3 is 2. The molecule has 8 nitrogen and oxygen atoms in total. The first-order valence-corrected chi connectivity index (χ1v) is 11.4. The summed E-state index contributed by atoms with van der Waals surface area (Å²) in [5.74, 6) is 0.0281. The summed E-state index contributed by atoms with van der Waals surface area (Å²) in [5.41, 5.74) is 0. The van der Waals surface area contributed by atoms with Gasteiger partial charge in [0.1, 0.15) is 18.2 Å². The molecule has 0 unspecified atom stereocenters. The Morgan fingerprint density at radius 3 is 2.55 bits per heavy atom. The summed E-state index contributed by atoms with van der Waals surface area (Å²) >= 11 is 1.92. The molecule has 2 amide bonds. The van der Waals surface area contributed by atoms with Crippen molar-refractivity contribution in [2.24, 2.45) is 0 Å². The molecular weight excluding hydrogens is 396 g/mol. The number of carbonyl (C=O) groups is 2. The van der Waals surface area contributed by atoms with Gasteiger partial charge in [-0.2, -0.15) is 0 Å². The van der Waals surface area contributed by atoms with Crippen LogP contribution in [0.25, 0.3) is 0 Å². The summed E-state index contributed by atoms with van der Waals surface area (Å²) in [7, 11) is 3.18. The van der Waals surface area contributed by atoms with E-state index < -0.39 is 30.6 Å². The van der Waals surface area contributed by atoms with E-state index in [4.69, 9.17) is 18.9 Å². The molecule has 4 saturated heterocycles. The van der Waals surface area contributed by atoms with Gasteiger partial charge >= 0.3 is 6.09 Å². The number of ether oxygens (including phenoxy) is 4. The highest BCUT2D eigenvalue weighted by Crippen LogP contribution is 2.62. The third kappa shape index (κ3) is 2.63. The Bertz CT molecular complexity index is 711. The number of rotatable bonds is 4. The summed E-state index contributed by atoms with van der Waals surface area (Å²) in [4.78, 5) is 29.8. The second kappa shape index (κ2) is 6.73. The molecule has 0 aromatic rings. The third-order valence-electron chi connectivity index (χ3n) is 7.22. The van der Waals surface area contributed by atoms with Crippen molar-refractivity contribution in [3.8, 4) is 0 Å². The van der Waals surface area contributed by atoms with E-state index in [-0.39, 0.29) is 27.7 Å². The van der Waals surface area contributed by atoms with Gasteiger partial charge in [-0.1, -0.05) is 19.3 Å². The second-order valence-electron chi connectivity index (χ2n) is 9.29. The molecule has 0 radical (unpaired) electrons. The summed E-state index contributed by atoms with van der Waals surface area (Å²) in [6.45, 7) is 4.73. The zero-order chi connectivity index (χ0) is 20.6. The lowest BCUT2D eigenvalue weighted by Crippen LogP contribution is -2.76. The van der Waals surface area contributed by atoms with E-state index in [0.29, 0.717) is 6.61 Å². The molecule has 4 aliphatic heterocycles. The van der Waals surface area contributed by atoms with Crippen molar-refractivity contribution in [1.82, 2.24) is 9.80 Å². The smallest absolute Gasteiger partial charge is 0.413 e. The molecule has 0 aromatic heterocycles. The Kier molecular flexibility index (Phi) is 4.62. The zero-order valence-corrected chi connectivity index (χ0v) is 18.3. The fourth-order valence-corrected chi connectivity index (χ4v) is 8.26. The van der Waals surface area contributed by atoms with E-state index in [1.165, 1.54) is 6.42 Å². The van der Waals surface area contributed by atoms with Crippen molar-refractivity contribution in [3.05, 3.63) is 0 Å². The quantitative estimate of drug-likeness (QED) is 0.636. The van der Waals surface area contributed by atoms with Crippen molar-refractivity contribution >= 4 is 23.8 Å². The molecule has 1 spiro atoms. The van der Waals surface area contributed by atoms with Crippen LogP contribution in [0.5, 0.6) is 0 Å². The number of hydrogen-bond donors (Lipinski definition) is 0. The number of thioether (sulfide) groups is 1. The van der Waals surface area contributed by atoms with Crippen molar-refractivity contribution < 1.29 is 28.5 Å². The van der Waals surface area contributed by atoms with Crippen molar-refractivity contribution in [3.63, 3.8) is 0 Å². The maximum absolute atomic E-state index is 13.4. The standard InChI is InChI=1S/C20H30N2O6S/c1-19(2)15-12(16(23)22(15)20(29-19)8-6-5-7-9-20)21-17-14(28-18(21)24)13(26-4)11(27-17)10-25-3/h11-15,17H,5-10H2,1-4H3/t11-,12-,13+,14-,15-,17+/m1/s1. The first kappa shape index (κ1) is 19.9. The predicted octanol–water partition coefficient (Wildman–Crippen LogP) is 1.96. The number of carbonyl (C=O) groups excluding carboxylic acids is 2. The van der Waals surface area contributed by atoms with Gasteiger partial charge in [-0.25, -0.2) is 4.79 Å². The highest BCUT2D eigenvalue weighted by molar-refractivity contribution is 8.02. The Hall–Kier alpha value is -1.03. The fourth-order valence-electron chi connectivity index (χ4n) is 6.13. The van der Waals surface area contributed by atoms with Crippen LogP contribution in [0.2, 0.25) is 0 Å². The topological polar surface area (TPSA) is 77.5 Å². The summed E-state index contributed by atoms with van der Waals surface area (Å²) in [5, 5.41) is 0. The molecule has 1 saturated carbocycles. The Balaban J connectivity index is 1.43. The molecule has 0 N–H and O–H groups in total. The minimum Gasteiger partial charge on any atom is -0.438 e. The maximum atomic E-state index is 13.4. The van der Waals surface area contributed by atoms with Crippen LogP contribution in [-0.4, -0.2) is 88.9 Å². The highest BCUT2D eigenvalue weighted by atomic mass is 32.2. The summed E-state index contributed by atoms with van der Waals surface area (Å²) in [6.07, 6.45) is 3.21. The predicted molar refractivity (Wildman–Crippen MR) is 105 cm³/mol. The van der Waals surface area contributed by atoms with E-state index in [1.54, 1.807) is 19.1 Å². The summed E-state index contributed by atoms with van der Waals surface area (Å²) < 4.78 is 22.4. The molecule has 29 heavy (non-hydrogen) atoms. The van der Waals surface area contributed by atoms with Crippen LogP contribution in [0.1, 0.15) is 46.0 Å². The van der Waals surface area contributed by atoms with Gasteiger partial charge in [-0.3, -0.25) is 9.69 Å². The zero-order valence-electron chi connectivity index (χ0n) is 17.5. The molecule has 5 fully saturated rings. The monoisotopic (exact) mass is 426 g/mol. The first-order valence-electron chi connectivity index (χ1n) is 10.5. The molecule has 5 aliphatic rings. The average molecular weight is 427 g/mol. The normalized spacial score (nSPS) is 42.1. The van der Waals surface area contributed by atoms with E-state index in [0.717, 1.165) is 25.7 Å². The molecule has 162 valence electrons. The highest BCUT2D eigenvalue weighted by Gasteiger charge is 2.73. The fraction of sp³-hybridized carbons (Fsp3) is 0.900. The summed E-state index contributed by atoms with van der Waals surface area (Å²) in [6, 6.07) is -0.574. The van der Waals surface area contributed by atoms with Gasteiger partial charge < -0.3 is 23.8 Å². The lowest BCUT2D eigenvalue weighted by atomic mass is 9.80. The molecule has 9 heteroatoms. The number of β-lactam (4-membered cyclic amide) rings is 1. The minimum absolute atomic E-state index is 0.0281. The van der Waals surface area contributed by atoms with Gasteiger partial charge in [0.05, 0.1) is 17.5 Å². The molecule has 0 bridgehead atoms. The molecule has 5 rings (SSSR count). The number of fused-ring (bicyclic) bond motifs is 3. The van der Waals surface area contributed by atoms with Crippen LogP contribution in [0.4, 0.5) is 4.79 Å². The van der Waals surface area contributed by atoms with E-state index in [9.17, 15) is 9.59 Å². The van der Waals surface area contributed by atoms with Gasteiger partial charge in [0.25, 0.3) is 0 Å². The molecule has 1 aliphatic carbocycles. The Morgan fingerprint density at radius 2 is 1.90 bits per heavy atom. The van der Waals surface area contributed by atoms with Crippen LogP contribution in [-0.2, 0) is 23.7 Å². The van der Waals surface area contributed by atoms with E-state index >= 15 is 0 Å². The molecule has 4 heterocycles. The number of hydrogen-bond acceptors (Lipinski definition) is 7. The van der Waals surface area contributed by atoms with Gasteiger partial charge in [0.2, 0.25) is 5.91 Å². The van der Waals surface area contributed by atoms with Crippen LogP contribution in [0.15, 0.2) is 0 Å². The Morgan fingerprint density at radius 1 is 1.17 bits per heavy atom. The lowest BCUT2D eigenvalue weighted by molar-refractivity contribution is -0.173. The van der Waals surface area contributed by atoms with Crippen LogP contribution in [0, 0.1) is 0 Å². The number of amides is 2. The second-order valence-corrected chi connectivity index (χ2v) is 11.3. The molecule has 6 atom stereocenters. The van der Waals surface area contributed by atoms with Gasteiger partial charge in [0, 0.05) is 19.0 Å². The third-order valence-corrected chi connectivity index (χ3v) is 8.97. The SMILES string of the molecule is COC[C@H]1O[C@H]2[C@H](OC(=O)N2[C@H]2C(=O)N3[C@H]2C(C)(C)SC32CCCCC2)[C@H]1OC. The largest absolute Gasteiger partial charge is 0.438 e. The van der Waals surface area contributed by atoms with Crippen molar-refractivity contribution in [1.29, 1.82) is 0 Å². The van der Waals surface area contributed by atoms with Gasteiger partial charge in [0.15, 0.2) is 12.3 Å². The lowest BCUT2D eigenvalue weighted by Gasteiger charge is -2.55. The van der Waals surface area contributed by atoms with Gasteiger partial charge in [-0.15, -0.1) is 11.8 Å². The van der Waals surface area contributed by atoms with Crippen molar-refractivity contribution in [2.75, 3.05) is 20.8 Å². The van der Waals surface area contributed by atoms with Crippen LogP contribution < -0.4 is 0 Å². The number of nitrogens with zero attached hydrogens (tertiary/aromatic N) is 2.